The topological polar surface area (TPSA) is 12.0 Å². The summed E-state index contributed by atoms with van der Waals surface area (Å²) in [7, 11) is 0. The lowest BCUT2D eigenvalue weighted by atomic mass is 9.80. The number of rotatable bonds is 2. The van der Waals surface area contributed by atoms with Crippen LogP contribution in [0.2, 0.25) is 0 Å². The Balaban J connectivity index is 1.84. The maximum Gasteiger partial charge on any atom is 0.0561 e. The van der Waals surface area contributed by atoms with E-state index in [9.17, 15) is 0 Å². The zero-order valence-electron chi connectivity index (χ0n) is 8.59. The van der Waals surface area contributed by atoms with E-state index in [1.165, 1.54) is 44.4 Å². The van der Waals surface area contributed by atoms with Crippen LogP contribution in [0.5, 0.6) is 0 Å². The molecule has 1 saturated carbocycles. The summed E-state index contributed by atoms with van der Waals surface area (Å²) in [6.07, 6.45) is 7.32. The molecule has 2 heteroatoms. The maximum atomic E-state index is 3.63. The van der Waals surface area contributed by atoms with Gasteiger partial charge in [0, 0.05) is 12.3 Å². The SMILES string of the molecule is CCC1CCCC(C2NCCS2)C1. The molecule has 0 aromatic carbocycles. The van der Waals surface area contributed by atoms with Crippen molar-refractivity contribution in [2.75, 3.05) is 12.3 Å². The van der Waals surface area contributed by atoms with Crippen molar-refractivity contribution < 1.29 is 0 Å². The van der Waals surface area contributed by atoms with Gasteiger partial charge in [0.2, 0.25) is 0 Å². The van der Waals surface area contributed by atoms with Gasteiger partial charge in [0.25, 0.3) is 0 Å². The van der Waals surface area contributed by atoms with E-state index in [0.717, 1.165) is 17.2 Å². The Morgan fingerprint density at radius 2 is 2.31 bits per heavy atom. The van der Waals surface area contributed by atoms with Gasteiger partial charge in [-0.3, -0.25) is 0 Å². The molecular weight excluding hydrogens is 178 g/mol. The van der Waals surface area contributed by atoms with E-state index in [0.29, 0.717) is 0 Å². The fourth-order valence-corrected chi connectivity index (χ4v) is 3.97. The number of hydrogen-bond acceptors (Lipinski definition) is 2. The van der Waals surface area contributed by atoms with Crippen LogP contribution in [-0.4, -0.2) is 17.7 Å². The van der Waals surface area contributed by atoms with Gasteiger partial charge in [0.15, 0.2) is 0 Å². The summed E-state index contributed by atoms with van der Waals surface area (Å²) in [6.45, 7) is 3.59. The van der Waals surface area contributed by atoms with Gasteiger partial charge in [0.1, 0.15) is 0 Å². The number of thioether (sulfide) groups is 1. The molecule has 1 N–H and O–H groups in total. The van der Waals surface area contributed by atoms with Crippen molar-refractivity contribution in [2.24, 2.45) is 11.8 Å². The molecule has 1 saturated heterocycles. The van der Waals surface area contributed by atoms with Gasteiger partial charge in [0.05, 0.1) is 5.37 Å². The van der Waals surface area contributed by atoms with E-state index in [1.54, 1.807) is 0 Å². The van der Waals surface area contributed by atoms with E-state index in [4.69, 9.17) is 0 Å². The summed E-state index contributed by atoms with van der Waals surface area (Å²) < 4.78 is 0. The predicted octanol–water partition coefficient (Wildman–Crippen LogP) is 2.87. The Labute approximate surface area is 86.0 Å². The van der Waals surface area contributed by atoms with E-state index in [2.05, 4.69) is 24.0 Å². The van der Waals surface area contributed by atoms with Gasteiger partial charge in [-0.2, -0.15) is 0 Å². The van der Waals surface area contributed by atoms with Gasteiger partial charge >= 0.3 is 0 Å². The average molecular weight is 199 g/mol. The third-order valence-electron chi connectivity index (χ3n) is 3.57. The molecule has 0 amide bonds. The molecule has 3 atom stereocenters. The quantitative estimate of drug-likeness (QED) is 0.734. The Kier molecular flexibility index (Phi) is 3.56. The van der Waals surface area contributed by atoms with Gasteiger partial charge in [-0.1, -0.05) is 26.2 Å². The van der Waals surface area contributed by atoms with Gasteiger partial charge < -0.3 is 5.32 Å². The van der Waals surface area contributed by atoms with E-state index in [1.807, 2.05) is 0 Å². The minimum Gasteiger partial charge on any atom is -0.304 e. The molecule has 1 aliphatic carbocycles. The Morgan fingerprint density at radius 3 is 3.00 bits per heavy atom. The molecule has 2 aliphatic rings. The van der Waals surface area contributed by atoms with E-state index in [-0.39, 0.29) is 0 Å². The summed E-state index contributed by atoms with van der Waals surface area (Å²) in [4.78, 5) is 0. The summed E-state index contributed by atoms with van der Waals surface area (Å²) in [5, 5.41) is 4.43. The lowest BCUT2D eigenvalue weighted by Gasteiger charge is -2.32. The molecule has 0 spiro atoms. The third-order valence-corrected chi connectivity index (χ3v) is 4.92. The predicted molar refractivity (Wildman–Crippen MR) is 60.0 cm³/mol. The van der Waals surface area contributed by atoms with Crippen molar-refractivity contribution in [3.63, 3.8) is 0 Å². The molecule has 76 valence electrons. The van der Waals surface area contributed by atoms with Crippen molar-refractivity contribution in [3.05, 3.63) is 0 Å². The molecule has 0 aromatic heterocycles. The summed E-state index contributed by atoms with van der Waals surface area (Å²) >= 11 is 2.15. The molecule has 1 aliphatic heterocycles. The van der Waals surface area contributed by atoms with Gasteiger partial charge in [-0.05, 0) is 24.7 Å². The largest absolute Gasteiger partial charge is 0.304 e. The van der Waals surface area contributed by atoms with Crippen molar-refractivity contribution in [3.8, 4) is 0 Å². The second kappa shape index (κ2) is 4.70. The van der Waals surface area contributed by atoms with E-state index < -0.39 is 0 Å². The highest BCUT2D eigenvalue weighted by Crippen LogP contribution is 2.37. The minimum atomic E-state index is 0.800. The van der Waals surface area contributed by atoms with Crippen LogP contribution in [0.3, 0.4) is 0 Å². The molecule has 1 nitrogen and oxygen atoms in total. The third kappa shape index (κ3) is 2.41. The Morgan fingerprint density at radius 1 is 1.38 bits per heavy atom. The van der Waals surface area contributed by atoms with Crippen LogP contribution in [0.1, 0.15) is 39.0 Å². The number of nitrogens with one attached hydrogen (secondary N) is 1. The smallest absolute Gasteiger partial charge is 0.0561 e. The fourth-order valence-electron chi connectivity index (χ4n) is 2.73. The monoisotopic (exact) mass is 199 g/mol. The summed E-state index contributed by atoms with van der Waals surface area (Å²) in [6, 6.07) is 0. The molecular formula is C11H21NS. The normalized spacial score (nSPS) is 40.8. The second-order valence-electron chi connectivity index (χ2n) is 4.45. The van der Waals surface area contributed by atoms with Crippen LogP contribution < -0.4 is 5.32 Å². The molecule has 1 heterocycles. The zero-order valence-corrected chi connectivity index (χ0v) is 9.41. The van der Waals surface area contributed by atoms with Crippen LogP contribution in [0.15, 0.2) is 0 Å². The first-order valence-electron chi connectivity index (χ1n) is 5.75. The molecule has 0 radical (unpaired) electrons. The van der Waals surface area contributed by atoms with Crippen molar-refractivity contribution >= 4 is 11.8 Å². The molecule has 3 unspecified atom stereocenters. The first kappa shape index (κ1) is 9.85. The minimum absolute atomic E-state index is 0.800. The van der Waals surface area contributed by atoms with Crippen LogP contribution in [0.4, 0.5) is 0 Å². The summed E-state index contributed by atoms with van der Waals surface area (Å²) in [5.74, 6) is 3.34. The molecule has 2 rings (SSSR count). The second-order valence-corrected chi connectivity index (χ2v) is 5.70. The van der Waals surface area contributed by atoms with Crippen LogP contribution in [-0.2, 0) is 0 Å². The van der Waals surface area contributed by atoms with E-state index >= 15 is 0 Å². The summed E-state index contributed by atoms with van der Waals surface area (Å²) in [5.41, 5.74) is 0. The highest BCUT2D eigenvalue weighted by atomic mass is 32.2. The lowest BCUT2D eigenvalue weighted by molar-refractivity contribution is 0.247. The van der Waals surface area contributed by atoms with Crippen LogP contribution in [0, 0.1) is 11.8 Å². The highest BCUT2D eigenvalue weighted by molar-refractivity contribution is 8.00. The lowest BCUT2D eigenvalue weighted by Crippen LogP contribution is -2.32. The molecule has 2 fully saturated rings. The average Bonchev–Trinajstić information content (AvgIpc) is 2.71. The molecule has 0 aromatic rings. The van der Waals surface area contributed by atoms with Crippen LogP contribution in [0.25, 0.3) is 0 Å². The van der Waals surface area contributed by atoms with Crippen molar-refractivity contribution in [1.82, 2.24) is 5.32 Å². The van der Waals surface area contributed by atoms with Crippen LogP contribution >= 0.6 is 11.8 Å². The molecule has 0 bridgehead atoms. The first-order valence-corrected chi connectivity index (χ1v) is 6.80. The maximum absolute atomic E-state index is 3.63. The zero-order chi connectivity index (χ0) is 9.10. The standard InChI is InChI=1S/C11H21NS/c1-2-9-4-3-5-10(8-9)11-12-6-7-13-11/h9-12H,2-8H2,1H3. The number of hydrogen-bond donors (Lipinski definition) is 1. The Hall–Kier alpha value is 0.310. The first-order chi connectivity index (χ1) is 6.40. The fraction of sp³-hybridized carbons (Fsp3) is 1.00. The Bertz CT molecular complexity index is 154. The van der Waals surface area contributed by atoms with Gasteiger partial charge in [-0.15, -0.1) is 11.8 Å². The van der Waals surface area contributed by atoms with Crippen molar-refractivity contribution in [2.45, 2.75) is 44.4 Å². The van der Waals surface area contributed by atoms with Gasteiger partial charge in [-0.25, -0.2) is 0 Å². The van der Waals surface area contributed by atoms with Crippen molar-refractivity contribution in [1.29, 1.82) is 0 Å². The highest BCUT2D eigenvalue weighted by Gasteiger charge is 2.29. The molecule has 13 heavy (non-hydrogen) atoms.